The SMILES string of the molecule is CC(C)(C)NC(=O)c1ccc2c(c1)C(=O)N(c1ccc(Br)cc1)C2=O. The number of nitrogens with one attached hydrogen (secondary N) is 1. The van der Waals surface area contributed by atoms with Gasteiger partial charge in [-0.25, -0.2) is 4.90 Å². The van der Waals surface area contributed by atoms with Crippen molar-refractivity contribution in [1.82, 2.24) is 5.32 Å². The molecule has 0 spiro atoms. The fourth-order valence-electron chi connectivity index (χ4n) is 2.62. The van der Waals surface area contributed by atoms with E-state index in [4.69, 9.17) is 0 Å². The Bertz CT molecular complexity index is 883. The van der Waals surface area contributed by atoms with Crippen LogP contribution in [-0.2, 0) is 0 Å². The van der Waals surface area contributed by atoms with Crippen LogP contribution in [0.4, 0.5) is 5.69 Å². The van der Waals surface area contributed by atoms with Crippen molar-refractivity contribution in [3.63, 3.8) is 0 Å². The minimum Gasteiger partial charge on any atom is -0.347 e. The summed E-state index contributed by atoms with van der Waals surface area (Å²) in [6, 6.07) is 11.5. The third-order valence-electron chi connectivity index (χ3n) is 3.72. The number of carbonyl (C=O) groups excluding carboxylic acids is 3. The Hall–Kier alpha value is -2.47. The zero-order chi connectivity index (χ0) is 18.4. The molecule has 0 radical (unpaired) electrons. The molecule has 6 heteroatoms. The molecule has 5 nitrogen and oxygen atoms in total. The summed E-state index contributed by atoms with van der Waals surface area (Å²) in [5.41, 5.74) is 1.01. The Labute approximate surface area is 154 Å². The molecule has 2 aromatic rings. The Morgan fingerprint density at radius 1 is 0.960 bits per heavy atom. The lowest BCUT2D eigenvalue weighted by Crippen LogP contribution is -2.40. The van der Waals surface area contributed by atoms with Crippen LogP contribution in [0.5, 0.6) is 0 Å². The average molecular weight is 401 g/mol. The molecule has 3 rings (SSSR count). The highest BCUT2D eigenvalue weighted by Gasteiger charge is 2.37. The number of fused-ring (bicyclic) bond motifs is 1. The van der Waals surface area contributed by atoms with Gasteiger partial charge in [-0.1, -0.05) is 15.9 Å². The number of rotatable bonds is 2. The molecule has 25 heavy (non-hydrogen) atoms. The van der Waals surface area contributed by atoms with Crippen LogP contribution < -0.4 is 10.2 Å². The van der Waals surface area contributed by atoms with Gasteiger partial charge in [-0.3, -0.25) is 14.4 Å². The van der Waals surface area contributed by atoms with Crippen LogP contribution in [0.25, 0.3) is 0 Å². The second kappa shape index (κ2) is 6.11. The van der Waals surface area contributed by atoms with Crippen molar-refractivity contribution in [1.29, 1.82) is 0 Å². The number of benzene rings is 2. The van der Waals surface area contributed by atoms with Gasteiger partial charge in [0, 0.05) is 15.6 Å². The van der Waals surface area contributed by atoms with E-state index in [0.29, 0.717) is 16.8 Å². The topological polar surface area (TPSA) is 66.5 Å². The van der Waals surface area contributed by atoms with Gasteiger partial charge >= 0.3 is 0 Å². The molecule has 0 bridgehead atoms. The standard InChI is InChI=1S/C19H17BrN2O3/c1-19(2,3)21-16(23)11-4-9-14-15(10-11)18(25)22(17(14)24)13-7-5-12(20)6-8-13/h4-10H,1-3H3,(H,21,23). The molecule has 0 saturated heterocycles. The van der Waals surface area contributed by atoms with Gasteiger partial charge in [-0.15, -0.1) is 0 Å². The number of anilines is 1. The van der Waals surface area contributed by atoms with Gasteiger partial charge in [0.2, 0.25) is 0 Å². The number of hydrogen-bond acceptors (Lipinski definition) is 3. The number of amides is 3. The molecule has 0 aromatic heterocycles. The van der Waals surface area contributed by atoms with E-state index in [-0.39, 0.29) is 22.9 Å². The fraction of sp³-hybridized carbons (Fsp3) is 0.211. The number of hydrogen-bond donors (Lipinski definition) is 1. The first kappa shape index (κ1) is 17.4. The zero-order valence-corrected chi connectivity index (χ0v) is 15.7. The van der Waals surface area contributed by atoms with Gasteiger partial charge < -0.3 is 5.32 Å². The van der Waals surface area contributed by atoms with Crippen LogP contribution in [0, 0.1) is 0 Å². The van der Waals surface area contributed by atoms with Crippen LogP contribution in [0.1, 0.15) is 51.8 Å². The molecular formula is C19H17BrN2O3. The monoisotopic (exact) mass is 400 g/mol. The molecule has 0 fully saturated rings. The van der Waals surface area contributed by atoms with Crippen molar-refractivity contribution in [2.75, 3.05) is 4.90 Å². The quantitative estimate of drug-likeness (QED) is 0.779. The van der Waals surface area contributed by atoms with Crippen LogP contribution >= 0.6 is 15.9 Å². The summed E-state index contributed by atoms with van der Waals surface area (Å²) in [7, 11) is 0. The highest BCUT2D eigenvalue weighted by Crippen LogP contribution is 2.30. The smallest absolute Gasteiger partial charge is 0.266 e. The third-order valence-corrected chi connectivity index (χ3v) is 4.25. The lowest BCUT2D eigenvalue weighted by molar-refractivity contribution is 0.0912. The van der Waals surface area contributed by atoms with E-state index in [2.05, 4.69) is 21.2 Å². The summed E-state index contributed by atoms with van der Waals surface area (Å²) in [6.07, 6.45) is 0. The van der Waals surface area contributed by atoms with Gasteiger partial charge in [0.1, 0.15) is 0 Å². The summed E-state index contributed by atoms with van der Waals surface area (Å²) in [6.45, 7) is 5.63. The second-order valence-corrected chi connectivity index (χ2v) is 7.80. The predicted molar refractivity (Wildman–Crippen MR) is 98.9 cm³/mol. The van der Waals surface area contributed by atoms with Gasteiger partial charge in [-0.2, -0.15) is 0 Å². The summed E-state index contributed by atoms with van der Waals surface area (Å²) >= 11 is 3.33. The lowest BCUT2D eigenvalue weighted by atomic mass is 10.0. The lowest BCUT2D eigenvalue weighted by Gasteiger charge is -2.20. The molecule has 0 atom stereocenters. The Balaban J connectivity index is 1.96. The highest BCUT2D eigenvalue weighted by molar-refractivity contribution is 9.10. The molecule has 1 aliphatic rings. The Kier molecular flexibility index (Phi) is 4.24. The number of imide groups is 1. The molecule has 0 unspecified atom stereocenters. The van der Waals surface area contributed by atoms with Crippen molar-refractivity contribution < 1.29 is 14.4 Å². The largest absolute Gasteiger partial charge is 0.347 e. The molecule has 0 aliphatic carbocycles. The molecule has 0 saturated carbocycles. The fourth-order valence-corrected chi connectivity index (χ4v) is 2.88. The summed E-state index contributed by atoms with van der Waals surface area (Å²) < 4.78 is 0.856. The predicted octanol–water partition coefficient (Wildman–Crippen LogP) is 3.78. The molecule has 2 aromatic carbocycles. The van der Waals surface area contributed by atoms with Crippen LogP contribution in [-0.4, -0.2) is 23.3 Å². The third kappa shape index (κ3) is 3.35. The molecular weight excluding hydrogens is 384 g/mol. The first-order valence-electron chi connectivity index (χ1n) is 7.78. The number of nitrogens with zero attached hydrogens (tertiary/aromatic N) is 1. The minimum atomic E-state index is -0.423. The van der Waals surface area contributed by atoms with Crippen molar-refractivity contribution in [3.05, 3.63) is 63.6 Å². The Morgan fingerprint density at radius 2 is 1.56 bits per heavy atom. The number of carbonyl (C=O) groups is 3. The zero-order valence-electron chi connectivity index (χ0n) is 14.1. The van der Waals surface area contributed by atoms with Crippen LogP contribution in [0.3, 0.4) is 0 Å². The van der Waals surface area contributed by atoms with Gasteiger partial charge in [0.05, 0.1) is 16.8 Å². The molecule has 1 aliphatic heterocycles. The maximum absolute atomic E-state index is 12.7. The minimum absolute atomic E-state index is 0.245. The summed E-state index contributed by atoms with van der Waals surface area (Å²) in [4.78, 5) is 38.7. The van der Waals surface area contributed by atoms with Gasteiger partial charge in [0.15, 0.2) is 0 Å². The van der Waals surface area contributed by atoms with Crippen molar-refractivity contribution in [2.45, 2.75) is 26.3 Å². The number of halogens is 1. The van der Waals surface area contributed by atoms with Crippen molar-refractivity contribution in [2.24, 2.45) is 0 Å². The van der Waals surface area contributed by atoms with E-state index in [1.807, 2.05) is 20.8 Å². The van der Waals surface area contributed by atoms with Crippen molar-refractivity contribution in [3.8, 4) is 0 Å². The van der Waals surface area contributed by atoms with E-state index in [0.717, 1.165) is 9.37 Å². The maximum Gasteiger partial charge on any atom is 0.266 e. The molecule has 1 heterocycles. The molecule has 1 N–H and O–H groups in total. The first-order chi connectivity index (χ1) is 11.7. The van der Waals surface area contributed by atoms with Crippen LogP contribution in [0.15, 0.2) is 46.9 Å². The van der Waals surface area contributed by atoms with Gasteiger partial charge in [0.25, 0.3) is 17.7 Å². The second-order valence-electron chi connectivity index (χ2n) is 6.89. The average Bonchev–Trinajstić information content (AvgIpc) is 2.78. The van der Waals surface area contributed by atoms with Crippen LogP contribution in [0.2, 0.25) is 0 Å². The normalized spacial score (nSPS) is 13.8. The Morgan fingerprint density at radius 3 is 2.16 bits per heavy atom. The van der Waals surface area contributed by atoms with Gasteiger partial charge in [-0.05, 0) is 63.2 Å². The first-order valence-corrected chi connectivity index (χ1v) is 8.57. The summed E-state index contributed by atoms with van der Waals surface area (Å²) in [5.74, 6) is -1.09. The van der Waals surface area contributed by atoms with Crippen molar-refractivity contribution >= 4 is 39.3 Å². The summed E-state index contributed by atoms with van der Waals surface area (Å²) in [5, 5.41) is 2.85. The van der Waals surface area contributed by atoms with E-state index in [1.165, 1.54) is 12.1 Å². The van der Waals surface area contributed by atoms with E-state index >= 15 is 0 Å². The van der Waals surface area contributed by atoms with E-state index in [1.54, 1.807) is 30.3 Å². The maximum atomic E-state index is 12.7. The van der Waals surface area contributed by atoms with E-state index in [9.17, 15) is 14.4 Å². The van der Waals surface area contributed by atoms with E-state index < -0.39 is 5.91 Å². The molecule has 3 amide bonds. The highest BCUT2D eigenvalue weighted by atomic mass is 79.9. The molecule has 128 valence electrons.